The largest absolute Gasteiger partial charge is 0.385 e. The van der Waals surface area contributed by atoms with Crippen LogP contribution in [0.5, 0.6) is 0 Å². The molecule has 0 aromatic carbocycles. The maximum atomic E-state index is 13.2. The van der Waals surface area contributed by atoms with Gasteiger partial charge in [0.05, 0.1) is 21.7 Å². The Labute approximate surface area is 180 Å². The lowest BCUT2D eigenvalue weighted by Gasteiger charge is -2.37. The first kappa shape index (κ1) is 23.2. The molecule has 9 heteroatoms. The van der Waals surface area contributed by atoms with Gasteiger partial charge in [0.2, 0.25) is 0 Å². The van der Waals surface area contributed by atoms with Gasteiger partial charge in [-0.1, -0.05) is 0 Å². The summed E-state index contributed by atoms with van der Waals surface area (Å²) in [7, 11) is 0. The van der Waals surface area contributed by atoms with Gasteiger partial charge in [0.25, 0.3) is 5.91 Å². The molecule has 7 nitrogen and oxygen atoms in total. The number of hydrazone groups is 1. The van der Waals surface area contributed by atoms with Gasteiger partial charge in [-0.05, 0) is 76.3 Å². The molecule has 0 bridgehead atoms. The molecule has 1 fully saturated rings. The number of nitrogens with zero attached hydrogens (tertiary/aromatic N) is 3. The maximum absolute atomic E-state index is 13.2. The SMILES string of the molecule is C/C=N\Nc1sccc1C(=O)N1CC(c2cc(C(C)(C)O)sn2)CC[C@H]1C.C=N. The quantitative estimate of drug-likeness (QED) is 0.474. The number of rotatable bonds is 5. The van der Waals surface area contributed by atoms with Crippen LogP contribution in [0.25, 0.3) is 0 Å². The van der Waals surface area contributed by atoms with Crippen molar-refractivity contribution in [1.82, 2.24) is 9.27 Å². The number of carbonyl (C=O) groups is 1. The van der Waals surface area contributed by atoms with Gasteiger partial charge in [0.15, 0.2) is 0 Å². The van der Waals surface area contributed by atoms with Crippen LogP contribution < -0.4 is 5.43 Å². The number of piperidine rings is 1. The van der Waals surface area contributed by atoms with Gasteiger partial charge in [-0.3, -0.25) is 10.2 Å². The molecule has 1 amide bonds. The average Bonchev–Trinajstić information content (AvgIpc) is 3.37. The molecule has 1 unspecified atom stereocenters. The monoisotopic (exact) mass is 435 g/mol. The lowest BCUT2D eigenvalue weighted by atomic mass is 9.90. The summed E-state index contributed by atoms with van der Waals surface area (Å²) < 4.78 is 4.56. The number of thiophene rings is 1. The number of hydrogen-bond donors (Lipinski definition) is 3. The zero-order chi connectivity index (χ0) is 21.6. The number of aromatic nitrogens is 1. The summed E-state index contributed by atoms with van der Waals surface area (Å²) in [6.07, 6.45) is 3.59. The van der Waals surface area contributed by atoms with Gasteiger partial charge < -0.3 is 15.4 Å². The third-order valence-electron chi connectivity index (χ3n) is 4.88. The number of anilines is 1. The molecule has 0 radical (unpaired) electrons. The van der Waals surface area contributed by atoms with Crippen molar-refractivity contribution < 1.29 is 9.90 Å². The van der Waals surface area contributed by atoms with Crippen molar-refractivity contribution in [3.05, 3.63) is 33.6 Å². The van der Waals surface area contributed by atoms with E-state index in [9.17, 15) is 9.90 Å². The molecular weight excluding hydrogens is 406 g/mol. The maximum Gasteiger partial charge on any atom is 0.257 e. The molecule has 29 heavy (non-hydrogen) atoms. The van der Waals surface area contributed by atoms with E-state index in [1.807, 2.05) is 29.3 Å². The Morgan fingerprint density at radius 3 is 2.83 bits per heavy atom. The molecule has 3 N–H and O–H groups in total. The Morgan fingerprint density at radius 1 is 1.48 bits per heavy atom. The van der Waals surface area contributed by atoms with Gasteiger partial charge in [0.1, 0.15) is 5.00 Å². The third-order valence-corrected chi connectivity index (χ3v) is 6.82. The van der Waals surface area contributed by atoms with Gasteiger partial charge in [-0.2, -0.15) is 9.47 Å². The summed E-state index contributed by atoms with van der Waals surface area (Å²) in [5.74, 6) is 0.224. The van der Waals surface area contributed by atoms with Crippen LogP contribution in [0.4, 0.5) is 5.00 Å². The molecule has 3 rings (SSSR count). The fraction of sp³-hybridized carbons (Fsp3) is 0.500. The fourth-order valence-corrected chi connectivity index (χ4v) is 4.77. The van der Waals surface area contributed by atoms with E-state index in [1.165, 1.54) is 22.9 Å². The summed E-state index contributed by atoms with van der Waals surface area (Å²) in [6, 6.07) is 4.02. The molecule has 1 saturated heterocycles. The Hall–Kier alpha value is -2.10. The van der Waals surface area contributed by atoms with E-state index in [-0.39, 0.29) is 17.9 Å². The second-order valence-electron chi connectivity index (χ2n) is 7.42. The molecule has 3 heterocycles. The number of hydrogen-bond acceptors (Lipinski definition) is 8. The molecule has 0 saturated carbocycles. The van der Waals surface area contributed by atoms with E-state index in [1.54, 1.807) is 20.1 Å². The number of amides is 1. The highest BCUT2D eigenvalue weighted by Gasteiger charge is 2.33. The van der Waals surface area contributed by atoms with E-state index >= 15 is 0 Å². The number of carbonyl (C=O) groups excluding carboxylic acids is 1. The second kappa shape index (κ2) is 10.1. The Morgan fingerprint density at radius 2 is 2.21 bits per heavy atom. The second-order valence-corrected chi connectivity index (χ2v) is 9.14. The van der Waals surface area contributed by atoms with Crippen molar-refractivity contribution in [3.63, 3.8) is 0 Å². The molecule has 2 aromatic rings. The standard InChI is InChI=1S/C19H26N4O2S2.CH3N/c1-5-20-21-17-14(8-9-26-17)18(24)23-11-13(7-6-12(23)2)15-10-16(27-22-15)19(3,4)25;1-2/h5,8-10,12-13,21,25H,6-7,11H2,1-4H3;2H,1H2/b20-5-;/t12-,13?;/m1./s1. The summed E-state index contributed by atoms with van der Waals surface area (Å²) in [6.45, 7) is 10.6. The van der Waals surface area contributed by atoms with Crippen molar-refractivity contribution in [2.24, 2.45) is 5.10 Å². The Bertz CT molecular complexity index is 840. The van der Waals surface area contributed by atoms with Crippen molar-refractivity contribution in [1.29, 1.82) is 5.41 Å². The first-order chi connectivity index (χ1) is 13.8. The molecule has 2 aromatic heterocycles. The van der Waals surface area contributed by atoms with Crippen LogP contribution in [0.15, 0.2) is 22.6 Å². The van der Waals surface area contributed by atoms with E-state index < -0.39 is 5.60 Å². The van der Waals surface area contributed by atoms with Crippen LogP contribution in [-0.2, 0) is 5.60 Å². The van der Waals surface area contributed by atoms with Crippen LogP contribution >= 0.6 is 22.9 Å². The van der Waals surface area contributed by atoms with Crippen molar-refractivity contribution in [2.45, 2.75) is 58.1 Å². The highest BCUT2D eigenvalue weighted by Crippen LogP contribution is 2.35. The number of aliphatic hydroxyl groups is 1. The minimum Gasteiger partial charge on any atom is -0.385 e. The van der Waals surface area contributed by atoms with Crippen LogP contribution in [0.1, 0.15) is 67.4 Å². The molecule has 0 spiro atoms. The molecule has 158 valence electrons. The number of nitrogens with one attached hydrogen (secondary N) is 2. The first-order valence-corrected chi connectivity index (χ1v) is 11.1. The Kier molecular flexibility index (Phi) is 8.06. The lowest BCUT2D eigenvalue weighted by Crippen LogP contribution is -2.45. The molecule has 1 aliphatic heterocycles. The van der Waals surface area contributed by atoms with Crippen LogP contribution in [-0.4, -0.2) is 45.8 Å². The van der Waals surface area contributed by atoms with Crippen molar-refractivity contribution in [3.8, 4) is 0 Å². The lowest BCUT2D eigenvalue weighted by molar-refractivity contribution is 0.0608. The van der Waals surface area contributed by atoms with Gasteiger partial charge in [-0.15, -0.1) is 11.3 Å². The molecule has 1 aliphatic rings. The van der Waals surface area contributed by atoms with Crippen LogP contribution in [0.2, 0.25) is 0 Å². The van der Waals surface area contributed by atoms with Crippen molar-refractivity contribution >= 4 is 46.7 Å². The van der Waals surface area contributed by atoms with E-state index in [2.05, 4.69) is 28.5 Å². The predicted molar refractivity (Wildman–Crippen MR) is 122 cm³/mol. The van der Waals surface area contributed by atoms with Gasteiger partial charge in [0, 0.05) is 24.7 Å². The van der Waals surface area contributed by atoms with Crippen LogP contribution in [0, 0.1) is 5.41 Å². The fourth-order valence-electron chi connectivity index (χ4n) is 3.24. The zero-order valence-electron chi connectivity index (χ0n) is 17.3. The first-order valence-electron chi connectivity index (χ1n) is 9.48. The number of likely N-dealkylation sites (tertiary alicyclic amines) is 1. The van der Waals surface area contributed by atoms with E-state index in [0.717, 1.165) is 28.4 Å². The Balaban J connectivity index is 0.00000145. The van der Waals surface area contributed by atoms with Gasteiger partial charge in [-0.25, -0.2) is 0 Å². The highest BCUT2D eigenvalue weighted by molar-refractivity contribution is 7.14. The highest BCUT2D eigenvalue weighted by atomic mass is 32.1. The van der Waals surface area contributed by atoms with Crippen molar-refractivity contribution in [2.75, 3.05) is 12.0 Å². The predicted octanol–water partition coefficient (Wildman–Crippen LogP) is 4.52. The summed E-state index contributed by atoms with van der Waals surface area (Å²) in [5.41, 5.74) is 3.69. The molecule has 0 aliphatic carbocycles. The van der Waals surface area contributed by atoms with Gasteiger partial charge >= 0.3 is 0 Å². The zero-order valence-corrected chi connectivity index (χ0v) is 18.9. The summed E-state index contributed by atoms with van der Waals surface area (Å²) >= 11 is 2.82. The summed E-state index contributed by atoms with van der Waals surface area (Å²) in [5, 5.41) is 22.4. The minimum absolute atomic E-state index is 0.0280. The molecular formula is C20H29N5O2S2. The topological polar surface area (TPSA) is 102 Å². The van der Waals surface area contributed by atoms with E-state index in [4.69, 9.17) is 5.41 Å². The normalized spacial score (nSPS) is 19.7. The third kappa shape index (κ3) is 5.49. The van der Waals surface area contributed by atoms with Crippen LogP contribution in [0.3, 0.4) is 0 Å². The average molecular weight is 436 g/mol. The van der Waals surface area contributed by atoms with E-state index in [0.29, 0.717) is 12.1 Å². The smallest absolute Gasteiger partial charge is 0.257 e. The molecule has 2 atom stereocenters. The minimum atomic E-state index is -0.884. The summed E-state index contributed by atoms with van der Waals surface area (Å²) in [4.78, 5) is 16.0.